The minimum Gasteiger partial charge on any atom is -0.398 e. The highest BCUT2D eigenvalue weighted by molar-refractivity contribution is 5.94. The van der Waals surface area contributed by atoms with Crippen LogP contribution in [0.1, 0.15) is 49.3 Å². The average molecular weight is 312 g/mol. The lowest BCUT2D eigenvalue weighted by atomic mass is 9.82. The number of nitrogen functional groups attached to an aromatic ring is 1. The van der Waals surface area contributed by atoms with E-state index in [1.165, 1.54) is 12.1 Å². The molecule has 1 aliphatic carbocycles. The molecule has 0 spiro atoms. The van der Waals surface area contributed by atoms with E-state index in [4.69, 9.17) is 5.73 Å². The standard InChI is InChI=1S/C16H16F4N2/c17-10-6-7-12-15(14(10)9-4-2-1-3-5-9)11(21)8-13(22-12)16(18,19)20/h6-9H,1-5H2,(H2,21,22). The van der Waals surface area contributed by atoms with Gasteiger partial charge in [-0.05, 0) is 37.0 Å². The second kappa shape index (κ2) is 5.41. The van der Waals surface area contributed by atoms with Crippen molar-refractivity contribution in [3.63, 3.8) is 0 Å². The van der Waals surface area contributed by atoms with Gasteiger partial charge >= 0.3 is 6.18 Å². The van der Waals surface area contributed by atoms with Gasteiger partial charge in [0.25, 0.3) is 0 Å². The molecule has 0 atom stereocenters. The SMILES string of the molecule is Nc1cc(C(F)(F)F)nc2ccc(F)c(C3CCCCC3)c12. The lowest BCUT2D eigenvalue weighted by molar-refractivity contribution is -0.140. The lowest BCUT2D eigenvalue weighted by Crippen LogP contribution is -2.12. The van der Waals surface area contributed by atoms with E-state index < -0.39 is 17.7 Å². The topological polar surface area (TPSA) is 38.9 Å². The van der Waals surface area contributed by atoms with Crippen molar-refractivity contribution in [1.82, 2.24) is 4.98 Å². The number of aromatic nitrogens is 1. The van der Waals surface area contributed by atoms with Crippen molar-refractivity contribution in [1.29, 1.82) is 0 Å². The van der Waals surface area contributed by atoms with Crippen LogP contribution >= 0.6 is 0 Å². The Morgan fingerprint density at radius 3 is 2.41 bits per heavy atom. The Balaban J connectivity index is 2.21. The first-order chi connectivity index (χ1) is 10.4. The third kappa shape index (κ3) is 2.62. The first-order valence-electron chi connectivity index (χ1n) is 7.34. The van der Waals surface area contributed by atoms with E-state index >= 15 is 0 Å². The summed E-state index contributed by atoms with van der Waals surface area (Å²) in [7, 11) is 0. The number of anilines is 1. The van der Waals surface area contributed by atoms with Gasteiger partial charge in [-0.15, -0.1) is 0 Å². The number of hydrogen-bond acceptors (Lipinski definition) is 2. The van der Waals surface area contributed by atoms with Crippen LogP contribution in [0.3, 0.4) is 0 Å². The monoisotopic (exact) mass is 312 g/mol. The molecule has 3 rings (SSSR count). The maximum absolute atomic E-state index is 14.3. The van der Waals surface area contributed by atoms with Gasteiger partial charge in [0, 0.05) is 16.6 Å². The third-order valence-corrected chi connectivity index (χ3v) is 4.30. The summed E-state index contributed by atoms with van der Waals surface area (Å²) in [6, 6.07) is 3.26. The summed E-state index contributed by atoms with van der Waals surface area (Å²) in [6.45, 7) is 0. The zero-order valence-electron chi connectivity index (χ0n) is 11.9. The van der Waals surface area contributed by atoms with Gasteiger partial charge in [0.1, 0.15) is 11.5 Å². The molecule has 1 aromatic heterocycles. The molecule has 1 saturated carbocycles. The van der Waals surface area contributed by atoms with E-state index in [1.807, 2.05) is 0 Å². The summed E-state index contributed by atoms with van der Waals surface area (Å²) in [6.07, 6.45) is 0.187. The zero-order chi connectivity index (χ0) is 15.9. The minimum atomic E-state index is -4.57. The highest BCUT2D eigenvalue weighted by atomic mass is 19.4. The fraction of sp³-hybridized carbons (Fsp3) is 0.438. The summed E-state index contributed by atoms with van der Waals surface area (Å²) in [5.74, 6) is -0.411. The van der Waals surface area contributed by atoms with E-state index in [0.717, 1.165) is 38.2 Å². The Labute approximate surface area is 125 Å². The van der Waals surface area contributed by atoms with Gasteiger partial charge in [-0.25, -0.2) is 9.37 Å². The Hall–Kier alpha value is -1.85. The summed E-state index contributed by atoms with van der Waals surface area (Å²) in [5, 5.41) is 0.333. The number of pyridine rings is 1. The van der Waals surface area contributed by atoms with Gasteiger partial charge in [0.15, 0.2) is 0 Å². The molecule has 1 aliphatic rings. The number of nitrogens with zero attached hydrogens (tertiary/aromatic N) is 1. The third-order valence-electron chi connectivity index (χ3n) is 4.30. The van der Waals surface area contributed by atoms with Crippen molar-refractivity contribution in [3.8, 4) is 0 Å². The number of alkyl halides is 3. The molecular formula is C16H16F4N2. The molecule has 0 unspecified atom stereocenters. The predicted molar refractivity (Wildman–Crippen MR) is 76.9 cm³/mol. The van der Waals surface area contributed by atoms with Crippen LogP contribution in [0, 0.1) is 5.82 Å². The van der Waals surface area contributed by atoms with Crippen LogP contribution in [0.15, 0.2) is 18.2 Å². The van der Waals surface area contributed by atoms with Crippen molar-refractivity contribution in [3.05, 3.63) is 35.3 Å². The number of nitrogens with two attached hydrogens (primary N) is 1. The Morgan fingerprint density at radius 2 is 1.77 bits per heavy atom. The molecule has 2 N–H and O–H groups in total. The van der Waals surface area contributed by atoms with Gasteiger partial charge < -0.3 is 5.73 Å². The maximum Gasteiger partial charge on any atom is 0.433 e. The summed E-state index contributed by atoms with van der Waals surface area (Å²) >= 11 is 0. The molecule has 2 aromatic rings. The number of rotatable bonds is 1. The molecule has 118 valence electrons. The van der Waals surface area contributed by atoms with Gasteiger partial charge in [-0.1, -0.05) is 19.3 Å². The van der Waals surface area contributed by atoms with Crippen LogP contribution in [0.2, 0.25) is 0 Å². The van der Waals surface area contributed by atoms with Gasteiger partial charge in [-0.2, -0.15) is 13.2 Å². The largest absolute Gasteiger partial charge is 0.433 e. The number of benzene rings is 1. The van der Waals surface area contributed by atoms with Crippen LogP contribution in [-0.4, -0.2) is 4.98 Å². The van der Waals surface area contributed by atoms with Gasteiger partial charge in [-0.3, -0.25) is 0 Å². The molecule has 2 nitrogen and oxygen atoms in total. The fourth-order valence-electron chi connectivity index (χ4n) is 3.30. The van der Waals surface area contributed by atoms with Crippen LogP contribution in [0.4, 0.5) is 23.2 Å². The Morgan fingerprint density at radius 1 is 1.09 bits per heavy atom. The highest BCUT2D eigenvalue weighted by Crippen LogP contribution is 2.41. The van der Waals surface area contributed by atoms with E-state index in [2.05, 4.69) is 4.98 Å². The fourth-order valence-corrected chi connectivity index (χ4v) is 3.30. The van der Waals surface area contributed by atoms with Crippen molar-refractivity contribution in [2.75, 3.05) is 5.73 Å². The summed E-state index contributed by atoms with van der Waals surface area (Å²) < 4.78 is 52.8. The van der Waals surface area contributed by atoms with Gasteiger partial charge in [0.05, 0.1) is 5.52 Å². The van der Waals surface area contributed by atoms with E-state index in [1.54, 1.807) is 0 Å². The molecule has 1 heterocycles. The molecule has 1 aromatic carbocycles. The predicted octanol–water partition coefficient (Wildman–Crippen LogP) is 5.02. The van der Waals surface area contributed by atoms with Crippen molar-refractivity contribution >= 4 is 16.6 Å². The molecule has 0 radical (unpaired) electrons. The van der Waals surface area contributed by atoms with Crippen LogP contribution in [0.5, 0.6) is 0 Å². The normalized spacial score (nSPS) is 17.1. The first-order valence-corrected chi connectivity index (χ1v) is 7.34. The quantitative estimate of drug-likeness (QED) is 0.751. The van der Waals surface area contributed by atoms with Crippen molar-refractivity contribution in [2.45, 2.75) is 44.2 Å². The van der Waals surface area contributed by atoms with E-state index in [0.29, 0.717) is 10.9 Å². The van der Waals surface area contributed by atoms with Crippen LogP contribution in [-0.2, 0) is 6.18 Å². The Kier molecular flexibility index (Phi) is 3.70. The second-order valence-corrected chi connectivity index (χ2v) is 5.78. The smallest absolute Gasteiger partial charge is 0.398 e. The minimum absolute atomic E-state index is 0.00159. The molecular weight excluding hydrogens is 296 g/mol. The average Bonchev–Trinajstić information content (AvgIpc) is 2.47. The second-order valence-electron chi connectivity index (χ2n) is 5.78. The van der Waals surface area contributed by atoms with Gasteiger partial charge in [0.2, 0.25) is 0 Å². The van der Waals surface area contributed by atoms with E-state index in [-0.39, 0.29) is 17.1 Å². The Bertz CT molecular complexity index is 703. The molecule has 1 fully saturated rings. The number of hydrogen-bond donors (Lipinski definition) is 1. The first kappa shape index (κ1) is 15.1. The molecule has 0 amide bonds. The highest BCUT2D eigenvalue weighted by Gasteiger charge is 2.34. The number of halogens is 4. The van der Waals surface area contributed by atoms with Crippen molar-refractivity contribution < 1.29 is 17.6 Å². The van der Waals surface area contributed by atoms with Crippen molar-refractivity contribution in [2.24, 2.45) is 0 Å². The zero-order valence-corrected chi connectivity index (χ0v) is 11.9. The molecule has 6 heteroatoms. The number of fused-ring (bicyclic) bond motifs is 1. The van der Waals surface area contributed by atoms with E-state index in [9.17, 15) is 17.6 Å². The molecule has 0 aliphatic heterocycles. The molecule has 0 bridgehead atoms. The van der Waals surface area contributed by atoms with Crippen LogP contribution in [0.25, 0.3) is 10.9 Å². The summed E-state index contributed by atoms with van der Waals surface area (Å²) in [4.78, 5) is 3.63. The molecule has 22 heavy (non-hydrogen) atoms. The van der Waals surface area contributed by atoms with Crippen LogP contribution < -0.4 is 5.73 Å². The summed E-state index contributed by atoms with van der Waals surface area (Å²) in [5.41, 5.74) is 5.26. The molecule has 0 saturated heterocycles. The maximum atomic E-state index is 14.3. The lowest BCUT2D eigenvalue weighted by Gasteiger charge is -2.24.